The second kappa shape index (κ2) is 12.1. The van der Waals surface area contributed by atoms with Crippen molar-refractivity contribution in [2.45, 2.75) is 38.3 Å². The lowest BCUT2D eigenvalue weighted by molar-refractivity contribution is 0.462. The van der Waals surface area contributed by atoms with Gasteiger partial charge in [-0.3, -0.25) is 9.79 Å². The van der Waals surface area contributed by atoms with Crippen LogP contribution in [0.15, 0.2) is 51.7 Å². The Kier molecular flexibility index (Phi) is 9.83. The van der Waals surface area contributed by atoms with Gasteiger partial charge < -0.3 is 20.1 Å². The fourth-order valence-corrected chi connectivity index (χ4v) is 4.13. The summed E-state index contributed by atoms with van der Waals surface area (Å²) >= 11 is 1.81. The molecule has 1 fully saturated rings. The molecule has 6 nitrogen and oxygen atoms in total. The Hall–Kier alpha value is -1.55. The summed E-state index contributed by atoms with van der Waals surface area (Å²) < 4.78 is 1.76. The summed E-state index contributed by atoms with van der Waals surface area (Å²) in [7, 11) is 1.82. The van der Waals surface area contributed by atoms with Gasteiger partial charge in [0.05, 0.1) is 5.00 Å². The number of aromatic nitrogens is 1. The molecule has 0 atom stereocenters. The van der Waals surface area contributed by atoms with Crippen LogP contribution in [0.4, 0.5) is 5.00 Å². The fourth-order valence-electron chi connectivity index (χ4n) is 3.34. The largest absolute Gasteiger partial charge is 0.363 e. The lowest BCUT2D eigenvalue weighted by Crippen LogP contribution is -2.48. The Morgan fingerprint density at radius 3 is 2.71 bits per heavy atom. The van der Waals surface area contributed by atoms with E-state index in [2.05, 4.69) is 38.0 Å². The van der Waals surface area contributed by atoms with E-state index in [1.165, 1.54) is 5.00 Å². The predicted molar refractivity (Wildman–Crippen MR) is 129 cm³/mol. The molecule has 1 aliphatic heterocycles. The van der Waals surface area contributed by atoms with Gasteiger partial charge in [-0.2, -0.15) is 0 Å². The molecule has 0 saturated carbocycles. The third-order valence-electron chi connectivity index (χ3n) is 4.89. The molecule has 2 aromatic rings. The van der Waals surface area contributed by atoms with Crippen LogP contribution in [0.3, 0.4) is 0 Å². The van der Waals surface area contributed by atoms with Crippen LogP contribution in [0.25, 0.3) is 0 Å². The van der Waals surface area contributed by atoms with Crippen LogP contribution in [0.5, 0.6) is 0 Å². The summed E-state index contributed by atoms with van der Waals surface area (Å²) in [6.45, 7) is 3.78. The second-order valence-corrected chi connectivity index (χ2v) is 7.72. The predicted octanol–water partition coefficient (Wildman–Crippen LogP) is 3.14. The van der Waals surface area contributed by atoms with Crippen LogP contribution in [0, 0.1) is 0 Å². The normalized spacial score (nSPS) is 15.2. The van der Waals surface area contributed by atoms with Gasteiger partial charge in [0.25, 0.3) is 0 Å². The molecule has 2 aromatic heterocycles. The maximum Gasteiger partial charge on any atom is 0.250 e. The van der Waals surface area contributed by atoms with Crippen LogP contribution in [0.2, 0.25) is 0 Å². The van der Waals surface area contributed by atoms with E-state index in [1.54, 1.807) is 16.7 Å². The van der Waals surface area contributed by atoms with Crippen molar-refractivity contribution in [3.8, 4) is 0 Å². The number of pyridine rings is 1. The molecule has 2 N–H and O–H groups in total. The lowest BCUT2D eigenvalue weighted by atomic mass is 10.1. The number of thiophene rings is 1. The van der Waals surface area contributed by atoms with Crippen molar-refractivity contribution in [1.29, 1.82) is 0 Å². The number of rotatable bonds is 7. The van der Waals surface area contributed by atoms with Crippen molar-refractivity contribution >= 4 is 46.3 Å². The number of guanidine groups is 1. The fraction of sp³-hybridized carbons (Fsp3) is 0.500. The van der Waals surface area contributed by atoms with Crippen molar-refractivity contribution in [2.75, 3.05) is 31.6 Å². The summed E-state index contributed by atoms with van der Waals surface area (Å²) in [4.78, 5) is 18.5. The van der Waals surface area contributed by atoms with Crippen molar-refractivity contribution in [3.05, 3.63) is 52.3 Å². The van der Waals surface area contributed by atoms with Gasteiger partial charge in [-0.05, 0) is 49.3 Å². The van der Waals surface area contributed by atoms with E-state index in [0.29, 0.717) is 6.04 Å². The maximum absolute atomic E-state index is 11.7. The molecule has 0 amide bonds. The van der Waals surface area contributed by atoms with Crippen LogP contribution < -0.4 is 21.1 Å². The standard InChI is InChI=1S/C20H29N5OS.HI/c1-21-20(22-11-3-5-13-24-12-4-2-7-18(24)26)23-17-9-14-25(15-10-17)19-8-6-16-27-19;/h2,4,6-8,12,16-17H,3,5,9-11,13-15H2,1H3,(H2,21,22,23);1H. The van der Waals surface area contributed by atoms with Gasteiger partial charge in [0.15, 0.2) is 5.96 Å². The molecule has 0 spiro atoms. The topological polar surface area (TPSA) is 61.7 Å². The van der Waals surface area contributed by atoms with E-state index < -0.39 is 0 Å². The van der Waals surface area contributed by atoms with Gasteiger partial charge >= 0.3 is 0 Å². The molecular weight excluding hydrogens is 485 g/mol. The highest BCUT2D eigenvalue weighted by molar-refractivity contribution is 14.0. The summed E-state index contributed by atoms with van der Waals surface area (Å²) in [5.41, 5.74) is 0.0665. The molecular formula is C20H30IN5OS. The molecule has 0 unspecified atom stereocenters. The zero-order chi connectivity index (χ0) is 18.9. The molecule has 1 saturated heterocycles. The molecule has 0 aromatic carbocycles. The number of anilines is 1. The van der Waals surface area contributed by atoms with E-state index in [9.17, 15) is 4.79 Å². The number of nitrogens with one attached hydrogen (secondary N) is 2. The van der Waals surface area contributed by atoms with Gasteiger partial charge in [0.1, 0.15) is 0 Å². The third-order valence-corrected chi connectivity index (χ3v) is 5.82. The number of unbranched alkanes of at least 4 members (excludes halogenated alkanes) is 1. The summed E-state index contributed by atoms with van der Waals surface area (Å²) in [5, 5.41) is 10.5. The number of aliphatic imine (C=N–C) groups is 1. The van der Waals surface area contributed by atoms with E-state index >= 15 is 0 Å². The highest BCUT2D eigenvalue weighted by atomic mass is 127. The summed E-state index contributed by atoms with van der Waals surface area (Å²) in [6.07, 6.45) is 6.05. The van der Waals surface area contributed by atoms with Crippen LogP contribution in [0.1, 0.15) is 25.7 Å². The van der Waals surface area contributed by atoms with E-state index in [-0.39, 0.29) is 29.5 Å². The van der Waals surface area contributed by atoms with Crippen molar-refractivity contribution in [2.24, 2.45) is 4.99 Å². The zero-order valence-corrected chi connectivity index (χ0v) is 19.5. The molecule has 3 heterocycles. The Morgan fingerprint density at radius 1 is 1.21 bits per heavy atom. The number of halogens is 1. The first kappa shape index (κ1) is 22.7. The highest BCUT2D eigenvalue weighted by Crippen LogP contribution is 2.24. The zero-order valence-electron chi connectivity index (χ0n) is 16.3. The second-order valence-electron chi connectivity index (χ2n) is 6.80. The van der Waals surface area contributed by atoms with Crippen molar-refractivity contribution in [3.63, 3.8) is 0 Å². The smallest absolute Gasteiger partial charge is 0.250 e. The minimum absolute atomic E-state index is 0. The molecule has 1 aliphatic rings. The minimum Gasteiger partial charge on any atom is -0.363 e. The van der Waals surface area contributed by atoms with Crippen molar-refractivity contribution < 1.29 is 0 Å². The number of piperidine rings is 1. The first-order valence-corrected chi connectivity index (χ1v) is 10.6. The van der Waals surface area contributed by atoms with E-state index in [4.69, 9.17) is 0 Å². The maximum atomic E-state index is 11.7. The van der Waals surface area contributed by atoms with Crippen LogP contribution >= 0.6 is 35.3 Å². The number of nitrogens with zero attached hydrogens (tertiary/aromatic N) is 3. The quantitative estimate of drug-likeness (QED) is 0.258. The molecule has 8 heteroatoms. The molecule has 154 valence electrons. The third kappa shape index (κ3) is 6.80. The average Bonchev–Trinajstić information content (AvgIpc) is 3.23. The van der Waals surface area contributed by atoms with Crippen molar-refractivity contribution in [1.82, 2.24) is 15.2 Å². The molecule has 0 aliphatic carbocycles. The number of hydrogen-bond acceptors (Lipinski definition) is 4. The number of aryl methyl sites for hydroxylation is 1. The van der Waals surface area contributed by atoms with Crippen LogP contribution in [-0.4, -0.2) is 43.3 Å². The average molecular weight is 515 g/mol. The Labute approximate surface area is 188 Å². The van der Waals surface area contributed by atoms with Gasteiger partial charge in [-0.15, -0.1) is 35.3 Å². The van der Waals surface area contributed by atoms with Gasteiger partial charge in [0.2, 0.25) is 5.56 Å². The molecule has 3 rings (SSSR count). The van der Waals surface area contributed by atoms with E-state index in [1.807, 2.05) is 30.6 Å². The van der Waals surface area contributed by atoms with E-state index in [0.717, 1.165) is 57.8 Å². The molecule has 28 heavy (non-hydrogen) atoms. The summed E-state index contributed by atoms with van der Waals surface area (Å²) in [6, 6.07) is 10.1. The lowest BCUT2D eigenvalue weighted by Gasteiger charge is -2.33. The first-order chi connectivity index (χ1) is 13.3. The first-order valence-electron chi connectivity index (χ1n) is 9.67. The number of hydrogen-bond donors (Lipinski definition) is 2. The molecule has 0 radical (unpaired) electrons. The van der Waals surface area contributed by atoms with Gasteiger partial charge in [-0.1, -0.05) is 6.07 Å². The SMILES string of the molecule is CN=C(NCCCCn1ccccc1=O)NC1CCN(c2cccs2)CC1.I. The molecule has 0 bridgehead atoms. The van der Waals surface area contributed by atoms with Gasteiger partial charge in [0, 0.05) is 51.5 Å². The van der Waals surface area contributed by atoms with Gasteiger partial charge in [-0.25, -0.2) is 0 Å². The summed E-state index contributed by atoms with van der Waals surface area (Å²) in [5.74, 6) is 0.876. The minimum atomic E-state index is 0. The van der Waals surface area contributed by atoms with Crippen LogP contribution in [-0.2, 0) is 6.54 Å². The highest BCUT2D eigenvalue weighted by Gasteiger charge is 2.20. The Morgan fingerprint density at radius 2 is 2.04 bits per heavy atom. The Bertz CT molecular complexity index is 769. The monoisotopic (exact) mass is 515 g/mol. The Balaban J connectivity index is 0.00000280.